The first kappa shape index (κ1) is 14.5. The molecule has 19 heavy (non-hydrogen) atoms. The molecule has 1 aromatic rings. The Kier molecular flexibility index (Phi) is 5.36. The SMILES string of the molecule is CC(C)CNCc1cc(CN2CCOCC2C)on1. The molecule has 5 heteroatoms. The van der Waals surface area contributed by atoms with Gasteiger partial charge in [-0.2, -0.15) is 0 Å². The molecule has 0 aliphatic carbocycles. The van der Waals surface area contributed by atoms with Gasteiger partial charge >= 0.3 is 0 Å². The number of nitrogens with one attached hydrogen (secondary N) is 1. The van der Waals surface area contributed by atoms with Crippen LogP contribution in [0.5, 0.6) is 0 Å². The highest BCUT2D eigenvalue weighted by molar-refractivity contribution is 5.05. The van der Waals surface area contributed by atoms with Gasteiger partial charge in [0, 0.05) is 25.2 Å². The van der Waals surface area contributed by atoms with Crippen LogP contribution in [0.3, 0.4) is 0 Å². The Bertz CT molecular complexity index is 379. The van der Waals surface area contributed by atoms with Gasteiger partial charge in [-0.1, -0.05) is 19.0 Å². The molecule has 1 saturated heterocycles. The highest BCUT2D eigenvalue weighted by Gasteiger charge is 2.20. The van der Waals surface area contributed by atoms with Crippen LogP contribution in [0.25, 0.3) is 0 Å². The Morgan fingerprint density at radius 3 is 3.11 bits per heavy atom. The average molecular weight is 267 g/mol. The Hall–Kier alpha value is -0.910. The Morgan fingerprint density at radius 1 is 1.53 bits per heavy atom. The number of hydrogen-bond acceptors (Lipinski definition) is 5. The molecule has 1 unspecified atom stereocenters. The molecular weight excluding hydrogens is 242 g/mol. The number of nitrogens with zero attached hydrogens (tertiary/aromatic N) is 2. The van der Waals surface area contributed by atoms with Gasteiger partial charge in [-0.25, -0.2) is 0 Å². The molecule has 1 aliphatic rings. The number of ether oxygens (including phenoxy) is 1. The molecule has 0 saturated carbocycles. The van der Waals surface area contributed by atoms with Crippen molar-refractivity contribution in [3.8, 4) is 0 Å². The van der Waals surface area contributed by atoms with Crippen molar-refractivity contribution in [3.63, 3.8) is 0 Å². The predicted molar refractivity (Wildman–Crippen MR) is 73.7 cm³/mol. The summed E-state index contributed by atoms with van der Waals surface area (Å²) in [5.41, 5.74) is 0.983. The van der Waals surface area contributed by atoms with Crippen molar-refractivity contribution in [3.05, 3.63) is 17.5 Å². The van der Waals surface area contributed by atoms with Crippen LogP contribution in [-0.4, -0.2) is 42.4 Å². The molecule has 1 fully saturated rings. The molecule has 1 N–H and O–H groups in total. The van der Waals surface area contributed by atoms with Crippen LogP contribution in [0.1, 0.15) is 32.2 Å². The van der Waals surface area contributed by atoms with Gasteiger partial charge in [-0.15, -0.1) is 0 Å². The van der Waals surface area contributed by atoms with Crippen LogP contribution in [0.15, 0.2) is 10.6 Å². The first-order valence-corrected chi connectivity index (χ1v) is 7.12. The highest BCUT2D eigenvalue weighted by atomic mass is 16.5. The summed E-state index contributed by atoms with van der Waals surface area (Å²) in [7, 11) is 0. The van der Waals surface area contributed by atoms with E-state index in [4.69, 9.17) is 9.26 Å². The highest BCUT2D eigenvalue weighted by Crippen LogP contribution is 2.13. The minimum atomic E-state index is 0.446. The Balaban J connectivity index is 1.79. The maximum Gasteiger partial charge on any atom is 0.151 e. The van der Waals surface area contributed by atoms with E-state index in [1.165, 1.54) is 0 Å². The van der Waals surface area contributed by atoms with Crippen LogP contribution in [-0.2, 0) is 17.8 Å². The van der Waals surface area contributed by atoms with E-state index in [1.807, 2.05) is 0 Å². The first-order valence-electron chi connectivity index (χ1n) is 7.12. The summed E-state index contributed by atoms with van der Waals surface area (Å²) in [4.78, 5) is 2.37. The van der Waals surface area contributed by atoms with Crippen LogP contribution in [0.2, 0.25) is 0 Å². The van der Waals surface area contributed by atoms with Crippen molar-refractivity contribution in [2.24, 2.45) is 5.92 Å². The fraction of sp³-hybridized carbons (Fsp3) is 0.786. The number of aromatic nitrogens is 1. The van der Waals surface area contributed by atoms with Gasteiger partial charge in [0.2, 0.25) is 0 Å². The molecule has 0 radical (unpaired) electrons. The zero-order valence-electron chi connectivity index (χ0n) is 12.2. The van der Waals surface area contributed by atoms with E-state index in [9.17, 15) is 0 Å². The maximum atomic E-state index is 5.43. The molecule has 2 heterocycles. The van der Waals surface area contributed by atoms with Crippen LogP contribution in [0, 0.1) is 5.92 Å². The summed E-state index contributed by atoms with van der Waals surface area (Å²) in [6, 6.07) is 2.50. The fourth-order valence-corrected chi connectivity index (χ4v) is 2.20. The third-order valence-electron chi connectivity index (χ3n) is 3.33. The predicted octanol–water partition coefficient (Wildman–Crippen LogP) is 1.64. The summed E-state index contributed by atoms with van der Waals surface area (Å²) in [5, 5.41) is 7.48. The Morgan fingerprint density at radius 2 is 2.37 bits per heavy atom. The Labute approximate surface area is 115 Å². The second-order valence-electron chi connectivity index (χ2n) is 5.70. The summed E-state index contributed by atoms with van der Waals surface area (Å²) < 4.78 is 10.8. The molecule has 1 atom stereocenters. The van der Waals surface area contributed by atoms with Gasteiger partial charge in [-0.05, 0) is 19.4 Å². The lowest BCUT2D eigenvalue weighted by Gasteiger charge is -2.32. The largest absolute Gasteiger partial charge is 0.379 e. The van der Waals surface area contributed by atoms with Gasteiger partial charge in [-0.3, -0.25) is 4.90 Å². The molecule has 2 rings (SSSR count). The molecule has 0 aromatic carbocycles. The summed E-state index contributed by atoms with van der Waals surface area (Å²) in [6.45, 7) is 11.7. The zero-order chi connectivity index (χ0) is 13.7. The minimum absolute atomic E-state index is 0.446. The lowest BCUT2D eigenvalue weighted by Crippen LogP contribution is -2.42. The van der Waals surface area contributed by atoms with E-state index < -0.39 is 0 Å². The molecule has 5 nitrogen and oxygen atoms in total. The normalized spacial score (nSPS) is 21.2. The molecule has 0 spiro atoms. The summed E-state index contributed by atoms with van der Waals surface area (Å²) in [5.74, 6) is 1.59. The van der Waals surface area contributed by atoms with Gasteiger partial charge in [0.05, 0.1) is 25.5 Å². The standard InChI is InChI=1S/C14H25N3O2/c1-11(2)7-15-8-13-6-14(19-16-13)9-17-4-5-18-10-12(17)3/h6,11-12,15H,4-5,7-10H2,1-3H3. The molecule has 0 amide bonds. The van der Waals surface area contributed by atoms with Gasteiger partial charge in [0.25, 0.3) is 0 Å². The number of rotatable bonds is 6. The maximum absolute atomic E-state index is 5.43. The van der Waals surface area contributed by atoms with Gasteiger partial charge in [0.1, 0.15) is 0 Å². The van der Waals surface area contributed by atoms with Crippen molar-refractivity contribution in [2.45, 2.75) is 39.9 Å². The van der Waals surface area contributed by atoms with E-state index >= 15 is 0 Å². The molecule has 108 valence electrons. The quantitative estimate of drug-likeness (QED) is 0.849. The van der Waals surface area contributed by atoms with Crippen LogP contribution < -0.4 is 5.32 Å². The number of hydrogen-bond donors (Lipinski definition) is 1. The van der Waals surface area contributed by atoms with Crippen LogP contribution >= 0.6 is 0 Å². The first-order chi connectivity index (χ1) is 9.15. The van der Waals surface area contributed by atoms with Gasteiger partial charge in [0.15, 0.2) is 5.76 Å². The fourth-order valence-electron chi connectivity index (χ4n) is 2.20. The lowest BCUT2D eigenvalue weighted by atomic mass is 10.2. The van der Waals surface area contributed by atoms with Crippen LogP contribution in [0.4, 0.5) is 0 Å². The summed E-state index contributed by atoms with van der Waals surface area (Å²) in [6.07, 6.45) is 0. The smallest absolute Gasteiger partial charge is 0.151 e. The van der Waals surface area contributed by atoms with E-state index in [1.54, 1.807) is 0 Å². The molecule has 1 aromatic heterocycles. The second-order valence-corrected chi connectivity index (χ2v) is 5.70. The minimum Gasteiger partial charge on any atom is -0.379 e. The average Bonchev–Trinajstić information content (AvgIpc) is 2.79. The third kappa shape index (κ3) is 4.60. The molecule has 1 aliphatic heterocycles. The molecule has 0 bridgehead atoms. The van der Waals surface area contributed by atoms with E-state index in [0.717, 1.165) is 50.8 Å². The van der Waals surface area contributed by atoms with Gasteiger partial charge < -0.3 is 14.6 Å². The van der Waals surface area contributed by atoms with Crippen molar-refractivity contribution < 1.29 is 9.26 Å². The third-order valence-corrected chi connectivity index (χ3v) is 3.33. The molecular formula is C14H25N3O2. The van der Waals surface area contributed by atoms with E-state index in [2.05, 4.69) is 42.2 Å². The second kappa shape index (κ2) is 7.03. The van der Waals surface area contributed by atoms with E-state index in [-0.39, 0.29) is 0 Å². The summed E-state index contributed by atoms with van der Waals surface area (Å²) >= 11 is 0. The monoisotopic (exact) mass is 267 g/mol. The number of morpholine rings is 1. The van der Waals surface area contributed by atoms with Crippen molar-refractivity contribution in [1.82, 2.24) is 15.4 Å². The van der Waals surface area contributed by atoms with Crippen molar-refractivity contribution >= 4 is 0 Å². The lowest BCUT2D eigenvalue weighted by molar-refractivity contribution is -0.00779. The topological polar surface area (TPSA) is 50.5 Å². The van der Waals surface area contributed by atoms with Crippen molar-refractivity contribution in [1.29, 1.82) is 0 Å². The van der Waals surface area contributed by atoms with E-state index in [0.29, 0.717) is 12.0 Å². The van der Waals surface area contributed by atoms with Crippen molar-refractivity contribution in [2.75, 3.05) is 26.3 Å². The zero-order valence-corrected chi connectivity index (χ0v) is 12.2.